The highest BCUT2D eigenvalue weighted by atomic mass is 16.5. The van der Waals surface area contributed by atoms with E-state index in [1.54, 1.807) is 0 Å². The van der Waals surface area contributed by atoms with E-state index in [-0.39, 0.29) is 18.2 Å². The van der Waals surface area contributed by atoms with Gasteiger partial charge in [-0.2, -0.15) is 4.98 Å². The first-order valence-corrected chi connectivity index (χ1v) is 7.53. The minimum absolute atomic E-state index is 0.120. The summed E-state index contributed by atoms with van der Waals surface area (Å²) in [5.41, 5.74) is 6.00. The molecule has 116 valence electrons. The Morgan fingerprint density at radius 2 is 2.14 bits per heavy atom. The lowest BCUT2D eigenvalue weighted by Gasteiger charge is -2.28. The average molecular weight is 294 g/mol. The molecule has 0 spiro atoms. The summed E-state index contributed by atoms with van der Waals surface area (Å²) in [6.07, 6.45) is 5.77. The van der Waals surface area contributed by atoms with Gasteiger partial charge < -0.3 is 26.0 Å². The monoisotopic (exact) mass is 294 g/mol. The van der Waals surface area contributed by atoms with E-state index in [9.17, 15) is 10.2 Å². The van der Waals surface area contributed by atoms with Gasteiger partial charge in [-0.3, -0.25) is 0 Å². The van der Waals surface area contributed by atoms with Gasteiger partial charge in [0.05, 0.1) is 11.7 Å². The van der Waals surface area contributed by atoms with Crippen molar-refractivity contribution in [2.45, 2.75) is 63.0 Å². The number of aliphatic hydroxyl groups excluding tert-OH is 2. The number of rotatable bonds is 5. The van der Waals surface area contributed by atoms with E-state index in [4.69, 9.17) is 10.5 Å². The Kier molecular flexibility index (Phi) is 4.23. The number of nitrogens with zero attached hydrogens (tertiary/aromatic N) is 2. The van der Waals surface area contributed by atoms with Crippen molar-refractivity contribution in [3.05, 3.63) is 11.8 Å². The van der Waals surface area contributed by atoms with Crippen LogP contribution in [-0.2, 0) is 0 Å². The second-order valence-electron chi connectivity index (χ2n) is 5.88. The van der Waals surface area contributed by atoms with Gasteiger partial charge in [0.15, 0.2) is 0 Å². The highest BCUT2D eigenvalue weighted by Crippen LogP contribution is 2.28. The Morgan fingerprint density at radius 1 is 1.33 bits per heavy atom. The van der Waals surface area contributed by atoms with Crippen molar-refractivity contribution in [1.82, 2.24) is 9.97 Å². The number of aromatic nitrogens is 2. The molecule has 2 saturated carbocycles. The normalized spacial score (nSPS) is 27.2. The summed E-state index contributed by atoms with van der Waals surface area (Å²) in [6, 6.07) is 0.427. The van der Waals surface area contributed by atoms with Gasteiger partial charge >= 0.3 is 6.01 Å². The molecule has 3 atom stereocenters. The van der Waals surface area contributed by atoms with Gasteiger partial charge in [0, 0.05) is 12.2 Å². The smallest absolute Gasteiger partial charge is 0.318 e. The molecule has 7 heteroatoms. The van der Waals surface area contributed by atoms with Crippen LogP contribution in [0.4, 0.5) is 5.82 Å². The van der Waals surface area contributed by atoms with Crippen LogP contribution in [0, 0.1) is 0 Å². The van der Waals surface area contributed by atoms with Gasteiger partial charge in [0.2, 0.25) is 0 Å². The van der Waals surface area contributed by atoms with Crippen LogP contribution >= 0.6 is 0 Å². The molecule has 0 aromatic carbocycles. The first kappa shape index (κ1) is 14.5. The molecule has 7 nitrogen and oxygen atoms in total. The second-order valence-corrected chi connectivity index (χ2v) is 5.88. The lowest BCUT2D eigenvalue weighted by molar-refractivity contribution is 0.124. The van der Waals surface area contributed by atoms with Gasteiger partial charge in [0.25, 0.3) is 0 Å². The van der Waals surface area contributed by atoms with Crippen LogP contribution in [0.5, 0.6) is 6.01 Å². The Morgan fingerprint density at radius 3 is 2.81 bits per heavy atom. The van der Waals surface area contributed by atoms with Gasteiger partial charge in [-0.25, -0.2) is 4.98 Å². The average Bonchev–Trinajstić information content (AvgIpc) is 3.22. The number of anilines is 1. The summed E-state index contributed by atoms with van der Waals surface area (Å²) in [5, 5.41) is 22.6. The van der Waals surface area contributed by atoms with Gasteiger partial charge in [-0.1, -0.05) is 0 Å². The van der Waals surface area contributed by atoms with Crippen molar-refractivity contribution in [1.29, 1.82) is 0 Å². The maximum absolute atomic E-state index is 9.75. The predicted molar refractivity (Wildman–Crippen MR) is 76.7 cm³/mol. The molecule has 0 aliphatic heterocycles. The third kappa shape index (κ3) is 3.81. The summed E-state index contributed by atoms with van der Waals surface area (Å²) >= 11 is 0. The molecule has 1 aromatic rings. The summed E-state index contributed by atoms with van der Waals surface area (Å²) in [6.45, 7) is 0. The first-order valence-electron chi connectivity index (χ1n) is 7.53. The fraction of sp³-hybridized carbons (Fsp3) is 0.714. The second kappa shape index (κ2) is 6.13. The first-order chi connectivity index (χ1) is 10.1. The summed E-state index contributed by atoms with van der Waals surface area (Å²) in [4.78, 5) is 8.41. The molecule has 2 fully saturated rings. The number of aliphatic hydroxyl groups is 2. The fourth-order valence-electron chi connectivity index (χ4n) is 2.59. The van der Waals surface area contributed by atoms with E-state index in [0.29, 0.717) is 23.8 Å². The van der Waals surface area contributed by atoms with Crippen LogP contribution in [0.25, 0.3) is 0 Å². The van der Waals surface area contributed by atoms with Gasteiger partial charge in [-0.05, 0) is 38.5 Å². The lowest BCUT2D eigenvalue weighted by atomic mass is 9.93. The zero-order valence-electron chi connectivity index (χ0n) is 11.9. The molecule has 0 saturated heterocycles. The quantitative estimate of drug-likeness (QED) is 0.591. The van der Waals surface area contributed by atoms with E-state index in [0.717, 1.165) is 32.1 Å². The number of hydrogen-bond donors (Lipinski definition) is 4. The van der Waals surface area contributed by atoms with Crippen molar-refractivity contribution in [2.24, 2.45) is 5.73 Å². The molecule has 2 aliphatic rings. The summed E-state index contributed by atoms with van der Waals surface area (Å²) in [5.74, 6) is 0.495. The third-order valence-electron chi connectivity index (χ3n) is 3.90. The Balaban J connectivity index is 1.75. The summed E-state index contributed by atoms with van der Waals surface area (Å²) in [7, 11) is 0. The molecule has 1 heterocycles. The topological polar surface area (TPSA) is 114 Å². The maximum Gasteiger partial charge on any atom is 0.318 e. The van der Waals surface area contributed by atoms with Crippen molar-refractivity contribution in [3.63, 3.8) is 0 Å². The zero-order valence-corrected chi connectivity index (χ0v) is 11.9. The van der Waals surface area contributed by atoms with E-state index in [1.165, 1.54) is 6.20 Å². The molecule has 1 aromatic heterocycles. The van der Waals surface area contributed by atoms with Crippen LogP contribution in [0.2, 0.25) is 0 Å². The molecular formula is C14H22N4O3. The molecular weight excluding hydrogens is 272 g/mol. The van der Waals surface area contributed by atoms with E-state index in [1.807, 2.05) is 0 Å². The van der Waals surface area contributed by atoms with Crippen molar-refractivity contribution in [2.75, 3.05) is 5.32 Å². The molecule has 2 unspecified atom stereocenters. The van der Waals surface area contributed by atoms with Crippen LogP contribution in [-0.4, -0.2) is 38.4 Å². The highest BCUT2D eigenvalue weighted by molar-refractivity contribution is 5.45. The largest absolute Gasteiger partial charge is 0.460 e. The third-order valence-corrected chi connectivity index (χ3v) is 3.90. The van der Waals surface area contributed by atoms with E-state index in [2.05, 4.69) is 15.3 Å². The fourth-order valence-corrected chi connectivity index (χ4v) is 2.59. The standard InChI is InChI=1S/C14H22N4O3/c15-12(20)11-7-16-14(21-10-4-5-10)18-13(11)17-8-2-1-3-9(19)6-8/h7-10,12,19-20H,1-6,15H2,(H,16,17,18)/t8?,9-,12?/m0/s1. The molecule has 2 aliphatic carbocycles. The SMILES string of the molecule is NC(O)c1cnc(OC2CC2)nc1NC1CCC[C@H](O)C1. The van der Waals surface area contributed by atoms with E-state index < -0.39 is 6.23 Å². The summed E-state index contributed by atoms with van der Waals surface area (Å²) < 4.78 is 5.58. The molecule has 3 rings (SSSR count). The van der Waals surface area contributed by atoms with Crippen LogP contribution in [0.15, 0.2) is 6.20 Å². The maximum atomic E-state index is 9.75. The minimum atomic E-state index is -1.14. The molecule has 0 bridgehead atoms. The number of ether oxygens (including phenoxy) is 1. The van der Waals surface area contributed by atoms with Crippen molar-refractivity contribution >= 4 is 5.82 Å². The van der Waals surface area contributed by atoms with Crippen molar-refractivity contribution in [3.8, 4) is 6.01 Å². The van der Waals surface area contributed by atoms with Crippen LogP contribution < -0.4 is 15.8 Å². The van der Waals surface area contributed by atoms with Gasteiger partial charge in [-0.15, -0.1) is 0 Å². The van der Waals surface area contributed by atoms with Crippen LogP contribution in [0.3, 0.4) is 0 Å². The predicted octanol–water partition coefficient (Wildman–Crippen LogP) is 0.683. The Hall–Kier alpha value is -1.44. The molecule has 0 radical (unpaired) electrons. The van der Waals surface area contributed by atoms with Crippen molar-refractivity contribution < 1.29 is 14.9 Å². The molecule has 21 heavy (non-hydrogen) atoms. The molecule has 0 amide bonds. The highest BCUT2D eigenvalue weighted by Gasteiger charge is 2.26. The Bertz CT molecular complexity index is 493. The lowest BCUT2D eigenvalue weighted by Crippen LogP contribution is -2.31. The minimum Gasteiger partial charge on any atom is -0.460 e. The van der Waals surface area contributed by atoms with Gasteiger partial charge in [0.1, 0.15) is 18.1 Å². The number of nitrogens with two attached hydrogens (primary N) is 1. The zero-order chi connectivity index (χ0) is 14.8. The van der Waals surface area contributed by atoms with Crippen LogP contribution in [0.1, 0.15) is 50.3 Å². The molecule has 5 N–H and O–H groups in total. The number of nitrogens with one attached hydrogen (secondary N) is 1. The Labute approximate surface area is 123 Å². The van der Waals surface area contributed by atoms with E-state index >= 15 is 0 Å². The number of hydrogen-bond acceptors (Lipinski definition) is 7.